The van der Waals surface area contributed by atoms with E-state index in [4.69, 9.17) is 0 Å². The van der Waals surface area contributed by atoms with Crippen LogP contribution < -0.4 is 10.6 Å². The summed E-state index contributed by atoms with van der Waals surface area (Å²) >= 11 is 0. The average molecular weight is 574 g/mol. The number of hydrogen-bond donors (Lipinski definition) is 2. The molecule has 0 aromatic heterocycles. The van der Waals surface area contributed by atoms with Crippen LogP contribution in [-0.4, -0.2) is 52.6 Å². The van der Waals surface area contributed by atoms with E-state index in [-0.39, 0.29) is 18.0 Å². The summed E-state index contributed by atoms with van der Waals surface area (Å²) in [7, 11) is 0. The van der Waals surface area contributed by atoms with Crippen molar-refractivity contribution in [1.29, 1.82) is 0 Å². The number of nitrogens with zero attached hydrogens (tertiary/aromatic N) is 3. The van der Waals surface area contributed by atoms with E-state index in [2.05, 4.69) is 39.9 Å². The van der Waals surface area contributed by atoms with Gasteiger partial charge in [-0.3, -0.25) is 10.1 Å². The van der Waals surface area contributed by atoms with Gasteiger partial charge in [0.25, 0.3) is 0 Å². The Morgan fingerprint density at radius 2 is 1.35 bits per heavy atom. The first kappa shape index (κ1) is 29.5. The van der Waals surface area contributed by atoms with Gasteiger partial charge in [0.2, 0.25) is 12.0 Å². The molecule has 43 heavy (non-hydrogen) atoms. The van der Waals surface area contributed by atoms with E-state index in [1.54, 1.807) is 12.1 Å². The number of para-hydroxylation sites is 2. The molecule has 218 valence electrons. The third kappa shape index (κ3) is 7.63. The molecule has 1 spiro atoms. The number of hydrogen-bond acceptors (Lipinski definition) is 5. The van der Waals surface area contributed by atoms with Gasteiger partial charge in [0.1, 0.15) is 0 Å². The van der Waals surface area contributed by atoms with Crippen molar-refractivity contribution in [3.63, 3.8) is 0 Å². The maximum atomic E-state index is 13.6. The SMILES string of the molecule is O=C(Nc1ccccc1)N1CCC2(CC1)NC(Cc1ccccc1)C(=O)N2Cc1ccccc1.O=C=Nc1ccccc1. The number of nitrogens with one attached hydrogen (secondary N) is 2. The summed E-state index contributed by atoms with van der Waals surface area (Å²) in [5.74, 6) is 0.134. The predicted molar refractivity (Wildman–Crippen MR) is 167 cm³/mol. The van der Waals surface area contributed by atoms with Crippen molar-refractivity contribution < 1.29 is 14.4 Å². The second-order valence-electron chi connectivity index (χ2n) is 10.7. The lowest BCUT2D eigenvalue weighted by Crippen LogP contribution is -2.59. The zero-order valence-electron chi connectivity index (χ0n) is 23.9. The first-order valence-electron chi connectivity index (χ1n) is 14.5. The number of carbonyl (C=O) groups excluding carboxylic acids is 3. The molecule has 4 aromatic rings. The summed E-state index contributed by atoms with van der Waals surface area (Å²) in [4.78, 5) is 43.4. The monoisotopic (exact) mass is 573 g/mol. The van der Waals surface area contributed by atoms with Crippen LogP contribution in [0.5, 0.6) is 0 Å². The Kier molecular flexibility index (Phi) is 9.74. The van der Waals surface area contributed by atoms with E-state index < -0.39 is 5.66 Å². The lowest BCUT2D eigenvalue weighted by atomic mass is 9.95. The van der Waals surface area contributed by atoms with Crippen LogP contribution in [0.1, 0.15) is 24.0 Å². The van der Waals surface area contributed by atoms with Gasteiger partial charge in [0.15, 0.2) is 0 Å². The maximum absolute atomic E-state index is 13.6. The van der Waals surface area contributed by atoms with E-state index in [1.807, 2.05) is 94.7 Å². The number of anilines is 1. The van der Waals surface area contributed by atoms with Crippen LogP contribution in [-0.2, 0) is 22.6 Å². The van der Waals surface area contributed by atoms with Crippen molar-refractivity contribution in [1.82, 2.24) is 15.1 Å². The molecule has 3 amide bonds. The van der Waals surface area contributed by atoms with Crippen LogP contribution in [0.2, 0.25) is 0 Å². The van der Waals surface area contributed by atoms with Gasteiger partial charge in [-0.2, -0.15) is 4.99 Å². The van der Waals surface area contributed by atoms with Crippen LogP contribution in [0.25, 0.3) is 0 Å². The molecule has 0 bridgehead atoms. The standard InChI is InChI=1S/C28H30N4O2.C7H5NO/c33-26-25(20-22-10-4-1-5-11-22)30-28(32(26)21-23-12-6-2-7-13-23)16-18-31(19-17-28)27(34)29-24-14-8-3-9-15-24;9-6-8-7-4-2-1-3-5-7/h1-15,25,30H,16-21H2,(H,29,34);1-5H. The Bertz CT molecular complexity index is 1520. The summed E-state index contributed by atoms with van der Waals surface area (Å²) in [6, 6.07) is 38.4. The lowest BCUT2D eigenvalue weighted by Gasteiger charge is -2.44. The van der Waals surface area contributed by atoms with Crippen LogP contribution >= 0.6 is 0 Å². The molecule has 0 radical (unpaired) electrons. The molecule has 6 rings (SSSR count). The van der Waals surface area contributed by atoms with Crippen molar-refractivity contribution in [3.05, 3.63) is 132 Å². The largest absolute Gasteiger partial charge is 0.324 e. The Balaban J connectivity index is 0.000000351. The predicted octanol–water partition coefficient (Wildman–Crippen LogP) is 5.91. The van der Waals surface area contributed by atoms with Crippen molar-refractivity contribution in [3.8, 4) is 0 Å². The highest BCUT2D eigenvalue weighted by Gasteiger charge is 2.51. The summed E-state index contributed by atoms with van der Waals surface area (Å²) in [6.07, 6.45) is 3.50. The van der Waals surface area contributed by atoms with E-state index >= 15 is 0 Å². The normalized spacial score (nSPS) is 17.0. The topological polar surface area (TPSA) is 94.1 Å². The number of likely N-dealkylation sites (tertiary alicyclic amines) is 1. The van der Waals surface area contributed by atoms with Gasteiger partial charge >= 0.3 is 6.03 Å². The van der Waals surface area contributed by atoms with Gasteiger partial charge < -0.3 is 15.1 Å². The van der Waals surface area contributed by atoms with Gasteiger partial charge in [0.05, 0.1) is 17.4 Å². The number of benzene rings is 4. The highest BCUT2D eigenvalue weighted by atomic mass is 16.2. The van der Waals surface area contributed by atoms with E-state index in [9.17, 15) is 14.4 Å². The summed E-state index contributed by atoms with van der Waals surface area (Å²) < 4.78 is 0. The highest BCUT2D eigenvalue weighted by molar-refractivity contribution is 5.89. The third-order valence-corrected chi connectivity index (χ3v) is 7.82. The second kappa shape index (κ2) is 14.2. The van der Waals surface area contributed by atoms with Gasteiger partial charge in [-0.1, -0.05) is 97.1 Å². The molecule has 0 saturated carbocycles. The number of isocyanates is 1. The van der Waals surface area contributed by atoms with E-state index in [0.29, 0.717) is 44.6 Å². The van der Waals surface area contributed by atoms with Gasteiger partial charge in [-0.15, -0.1) is 0 Å². The summed E-state index contributed by atoms with van der Waals surface area (Å²) in [5, 5.41) is 6.68. The zero-order valence-corrected chi connectivity index (χ0v) is 23.9. The molecular formula is C35H35N5O3. The Hall–Kier alpha value is -5.04. The highest BCUT2D eigenvalue weighted by Crippen LogP contribution is 2.35. The van der Waals surface area contributed by atoms with Crippen LogP contribution in [0, 0.1) is 0 Å². The first-order chi connectivity index (χ1) is 21.1. The Labute approximate surface area is 252 Å². The number of amides is 3. The Morgan fingerprint density at radius 1 is 0.814 bits per heavy atom. The molecule has 8 nitrogen and oxygen atoms in total. The third-order valence-electron chi connectivity index (χ3n) is 7.82. The Morgan fingerprint density at radius 3 is 1.93 bits per heavy atom. The molecule has 2 aliphatic heterocycles. The smallest absolute Gasteiger partial charge is 0.321 e. The fraction of sp³-hybridized carbons (Fsp3) is 0.229. The minimum absolute atomic E-state index is 0.0965. The number of carbonyl (C=O) groups is 2. The van der Waals surface area contributed by atoms with Gasteiger partial charge in [0, 0.05) is 38.2 Å². The molecule has 0 aliphatic carbocycles. The van der Waals surface area contributed by atoms with Crippen molar-refractivity contribution >= 4 is 29.4 Å². The molecule has 2 heterocycles. The minimum atomic E-state index is -0.449. The number of rotatable bonds is 6. The molecule has 2 N–H and O–H groups in total. The summed E-state index contributed by atoms with van der Waals surface area (Å²) in [6.45, 7) is 1.73. The lowest BCUT2D eigenvalue weighted by molar-refractivity contribution is -0.134. The number of urea groups is 1. The van der Waals surface area contributed by atoms with Gasteiger partial charge in [-0.05, 0) is 41.8 Å². The van der Waals surface area contributed by atoms with Crippen molar-refractivity contribution in [2.75, 3.05) is 18.4 Å². The van der Waals surface area contributed by atoms with E-state index in [0.717, 1.165) is 16.8 Å². The van der Waals surface area contributed by atoms with Crippen LogP contribution in [0.15, 0.2) is 126 Å². The summed E-state index contributed by atoms with van der Waals surface area (Å²) in [5.41, 5.74) is 3.24. The fourth-order valence-corrected chi connectivity index (χ4v) is 5.62. The van der Waals surface area contributed by atoms with Crippen LogP contribution in [0.4, 0.5) is 16.2 Å². The van der Waals surface area contributed by atoms with E-state index in [1.165, 1.54) is 6.08 Å². The molecule has 2 saturated heterocycles. The maximum Gasteiger partial charge on any atom is 0.321 e. The molecule has 2 fully saturated rings. The van der Waals surface area contributed by atoms with Crippen LogP contribution in [0.3, 0.4) is 0 Å². The molecule has 4 aromatic carbocycles. The second-order valence-corrected chi connectivity index (χ2v) is 10.7. The fourth-order valence-electron chi connectivity index (χ4n) is 5.62. The first-order valence-corrected chi connectivity index (χ1v) is 14.5. The molecule has 1 atom stereocenters. The molecular weight excluding hydrogens is 538 g/mol. The zero-order chi connectivity index (χ0) is 29.9. The number of aliphatic imine (C=N–C) groups is 1. The van der Waals surface area contributed by atoms with Gasteiger partial charge in [-0.25, -0.2) is 9.59 Å². The number of piperidine rings is 1. The minimum Gasteiger partial charge on any atom is -0.324 e. The van der Waals surface area contributed by atoms with Crippen molar-refractivity contribution in [2.45, 2.75) is 37.5 Å². The molecule has 2 aliphatic rings. The molecule has 1 unspecified atom stereocenters. The average Bonchev–Trinajstić information content (AvgIpc) is 3.29. The van der Waals surface area contributed by atoms with Crippen molar-refractivity contribution in [2.24, 2.45) is 4.99 Å². The molecule has 8 heteroatoms. The quantitative estimate of drug-likeness (QED) is 0.222.